The maximum Gasteiger partial charge on any atom is 0.289 e. The lowest BCUT2D eigenvalue weighted by atomic mass is 9.93. The number of nitrogens with zero attached hydrogens (tertiary/aromatic N) is 2. The molecular formula is C10H15N3O. The van der Waals surface area contributed by atoms with Crippen molar-refractivity contribution in [1.29, 1.82) is 0 Å². The molecule has 0 aromatic carbocycles. The SMILES string of the molecule is CC1(C)CCN(C(=O)c2ncc[nH]2)C1. The summed E-state index contributed by atoms with van der Waals surface area (Å²) in [5.74, 6) is 0.461. The van der Waals surface area contributed by atoms with Crippen LogP contribution < -0.4 is 0 Å². The van der Waals surface area contributed by atoms with E-state index in [1.807, 2.05) is 4.90 Å². The molecule has 0 aliphatic carbocycles. The number of nitrogens with one attached hydrogen (secondary N) is 1. The van der Waals surface area contributed by atoms with Crippen LogP contribution in [0.2, 0.25) is 0 Å². The summed E-state index contributed by atoms with van der Waals surface area (Å²) in [6.07, 6.45) is 4.35. The van der Waals surface area contributed by atoms with Gasteiger partial charge in [0.15, 0.2) is 5.82 Å². The summed E-state index contributed by atoms with van der Waals surface area (Å²) in [4.78, 5) is 20.5. The van der Waals surface area contributed by atoms with E-state index in [0.717, 1.165) is 19.5 Å². The number of carbonyl (C=O) groups excluding carboxylic acids is 1. The number of carbonyl (C=O) groups is 1. The quantitative estimate of drug-likeness (QED) is 0.730. The van der Waals surface area contributed by atoms with E-state index in [2.05, 4.69) is 23.8 Å². The molecule has 2 heterocycles. The monoisotopic (exact) mass is 193 g/mol. The van der Waals surface area contributed by atoms with Gasteiger partial charge in [0, 0.05) is 25.5 Å². The molecule has 4 nitrogen and oxygen atoms in total. The van der Waals surface area contributed by atoms with Crippen molar-refractivity contribution in [2.24, 2.45) is 5.41 Å². The van der Waals surface area contributed by atoms with Crippen LogP contribution >= 0.6 is 0 Å². The van der Waals surface area contributed by atoms with Crippen LogP contribution in [-0.2, 0) is 0 Å². The smallest absolute Gasteiger partial charge is 0.289 e. The first-order chi connectivity index (χ1) is 6.58. The van der Waals surface area contributed by atoms with Gasteiger partial charge in [-0.05, 0) is 11.8 Å². The fourth-order valence-corrected chi connectivity index (χ4v) is 1.82. The number of aromatic nitrogens is 2. The van der Waals surface area contributed by atoms with Crippen molar-refractivity contribution in [3.05, 3.63) is 18.2 Å². The number of amides is 1. The highest BCUT2D eigenvalue weighted by molar-refractivity contribution is 5.90. The minimum absolute atomic E-state index is 0.0144. The highest BCUT2D eigenvalue weighted by atomic mass is 16.2. The standard InChI is InChI=1S/C10H15N3O/c1-10(2)3-6-13(7-10)9(14)8-11-4-5-12-8/h4-5H,3,6-7H2,1-2H3,(H,11,12). The third kappa shape index (κ3) is 1.64. The Balaban J connectivity index is 2.08. The second-order valence-corrected chi connectivity index (χ2v) is 4.58. The van der Waals surface area contributed by atoms with Gasteiger partial charge in [-0.1, -0.05) is 13.8 Å². The van der Waals surface area contributed by atoms with Gasteiger partial charge >= 0.3 is 0 Å². The van der Waals surface area contributed by atoms with Crippen molar-refractivity contribution in [3.8, 4) is 0 Å². The van der Waals surface area contributed by atoms with E-state index in [1.165, 1.54) is 0 Å². The van der Waals surface area contributed by atoms with Crippen LogP contribution in [0.1, 0.15) is 30.9 Å². The topological polar surface area (TPSA) is 49.0 Å². The molecule has 0 spiro atoms. The first kappa shape index (κ1) is 9.24. The molecule has 1 aliphatic heterocycles. The normalized spacial score (nSPS) is 20.0. The molecule has 1 aromatic rings. The summed E-state index contributed by atoms with van der Waals surface area (Å²) in [7, 11) is 0. The van der Waals surface area contributed by atoms with Crippen LogP contribution in [0.5, 0.6) is 0 Å². The largest absolute Gasteiger partial charge is 0.341 e. The molecule has 1 aromatic heterocycles. The Hall–Kier alpha value is -1.32. The highest BCUT2D eigenvalue weighted by Crippen LogP contribution is 2.29. The molecule has 0 saturated carbocycles. The summed E-state index contributed by atoms with van der Waals surface area (Å²) in [5, 5.41) is 0. The zero-order chi connectivity index (χ0) is 10.2. The maximum atomic E-state index is 11.8. The zero-order valence-corrected chi connectivity index (χ0v) is 8.58. The first-order valence-corrected chi connectivity index (χ1v) is 4.87. The second kappa shape index (κ2) is 3.12. The number of likely N-dealkylation sites (tertiary alicyclic amines) is 1. The van der Waals surface area contributed by atoms with E-state index in [-0.39, 0.29) is 11.3 Å². The number of aromatic amines is 1. The van der Waals surface area contributed by atoms with Crippen molar-refractivity contribution < 1.29 is 4.79 Å². The predicted molar refractivity (Wildman–Crippen MR) is 52.9 cm³/mol. The molecule has 0 radical (unpaired) electrons. The van der Waals surface area contributed by atoms with Crippen LogP contribution in [0.3, 0.4) is 0 Å². The van der Waals surface area contributed by atoms with Crippen LogP contribution in [0, 0.1) is 5.41 Å². The summed E-state index contributed by atoms with van der Waals surface area (Å²) in [5.41, 5.74) is 0.252. The molecule has 2 rings (SSSR count). The van der Waals surface area contributed by atoms with Crippen molar-refractivity contribution >= 4 is 5.91 Å². The van der Waals surface area contributed by atoms with Gasteiger partial charge in [-0.25, -0.2) is 4.98 Å². The minimum Gasteiger partial charge on any atom is -0.341 e. The Morgan fingerprint density at radius 2 is 2.43 bits per heavy atom. The average molecular weight is 193 g/mol. The van der Waals surface area contributed by atoms with Gasteiger partial charge in [-0.2, -0.15) is 0 Å². The first-order valence-electron chi connectivity index (χ1n) is 4.87. The third-order valence-electron chi connectivity index (χ3n) is 2.67. The van der Waals surface area contributed by atoms with Gasteiger partial charge in [0.05, 0.1) is 0 Å². The van der Waals surface area contributed by atoms with E-state index >= 15 is 0 Å². The van der Waals surface area contributed by atoms with E-state index in [4.69, 9.17) is 0 Å². The number of imidazole rings is 1. The Labute approximate surface area is 83.3 Å². The lowest BCUT2D eigenvalue weighted by Crippen LogP contribution is -2.30. The van der Waals surface area contributed by atoms with Gasteiger partial charge in [0.25, 0.3) is 5.91 Å². The van der Waals surface area contributed by atoms with E-state index in [1.54, 1.807) is 12.4 Å². The molecule has 1 aliphatic rings. The van der Waals surface area contributed by atoms with Gasteiger partial charge in [0.1, 0.15) is 0 Å². The van der Waals surface area contributed by atoms with Crippen molar-refractivity contribution in [2.75, 3.05) is 13.1 Å². The molecule has 14 heavy (non-hydrogen) atoms. The molecule has 76 valence electrons. The van der Waals surface area contributed by atoms with E-state index in [9.17, 15) is 4.79 Å². The molecule has 0 bridgehead atoms. The van der Waals surface area contributed by atoms with Crippen LogP contribution in [-0.4, -0.2) is 33.9 Å². The molecule has 4 heteroatoms. The third-order valence-corrected chi connectivity index (χ3v) is 2.67. The fraction of sp³-hybridized carbons (Fsp3) is 0.600. The molecule has 1 fully saturated rings. The highest BCUT2D eigenvalue weighted by Gasteiger charge is 2.33. The summed E-state index contributed by atoms with van der Waals surface area (Å²) in [6.45, 7) is 6.03. The lowest BCUT2D eigenvalue weighted by molar-refractivity contribution is 0.0767. The van der Waals surface area contributed by atoms with Gasteiger partial charge in [-0.15, -0.1) is 0 Å². The molecule has 1 amide bonds. The molecule has 1 saturated heterocycles. The van der Waals surface area contributed by atoms with Crippen LogP contribution in [0.15, 0.2) is 12.4 Å². The van der Waals surface area contributed by atoms with Gasteiger partial charge in [0.2, 0.25) is 0 Å². The van der Waals surface area contributed by atoms with Gasteiger partial charge < -0.3 is 9.88 Å². The summed E-state index contributed by atoms with van der Waals surface area (Å²) in [6, 6.07) is 0. The average Bonchev–Trinajstić information content (AvgIpc) is 2.72. The van der Waals surface area contributed by atoms with Gasteiger partial charge in [-0.3, -0.25) is 4.79 Å². The Morgan fingerprint density at radius 3 is 2.93 bits per heavy atom. The fourth-order valence-electron chi connectivity index (χ4n) is 1.82. The Kier molecular flexibility index (Phi) is 2.06. The number of H-pyrrole nitrogens is 1. The van der Waals surface area contributed by atoms with Crippen LogP contribution in [0.25, 0.3) is 0 Å². The van der Waals surface area contributed by atoms with E-state index in [0.29, 0.717) is 5.82 Å². The Bertz CT molecular complexity index is 329. The Morgan fingerprint density at radius 1 is 1.64 bits per heavy atom. The van der Waals surface area contributed by atoms with Crippen molar-refractivity contribution in [2.45, 2.75) is 20.3 Å². The maximum absolute atomic E-state index is 11.8. The molecule has 0 unspecified atom stereocenters. The minimum atomic E-state index is 0.0144. The van der Waals surface area contributed by atoms with Crippen molar-refractivity contribution in [3.63, 3.8) is 0 Å². The van der Waals surface area contributed by atoms with Crippen LogP contribution in [0.4, 0.5) is 0 Å². The van der Waals surface area contributed by atoms with Crippen molar-refractivity contribution in [1.82, 2.24) is 14.9 Å². The summed E-state index contributed by atoms with van der Waals surface area (Å²) >= 11 is 0. The summed E-state index contributed by atoms with van der Waals surface area (Å²) < 4.78 is 0. The molecular weight excluding hydrogens is 178 g/mol. The number of hydrogen-bond donors (Lipinski definition) is 1. The molecule has 0 atom stereocenters. The predicted octanol–water partition coefficient (Wildman–Crippen LogP) is 1.28. The number of rotatable bonds is 1. The van der Waals surface area contributed by atoms with E-state index < -0.39 is 0 Å². The number of hydrogen-bond acceptors (Lipinski definition) is 2. The zero-order valence-electron chi connectivity index (χ0n) is 8.58. The lowest BCUT2D eigenvalue weighted by Gasteiger charge is -2.18. The second-order valence-electron chi connectivity index (χ2n) is 4.58. The molecule has 1 N–H and O–H groups in total.